The predicted octanol–water partition coefficient (Wildman–Crippen LogP) is 1.27. The standard InChI is InChI=1S/C13H21NO4/c1-9(18-8-10-5-6-10)12(15)14-7-3-2-4-11(14)13(16)17/h9-11H,2-8H2,1H3,(H,16,17)/t9-,11-/m1/s1. The molecule has 0 aromatic heterocycles. The van der Waals surface area contributed by atoms with Gasteiger partial charge in [0.15, 0.2) is 0 Å². The van der Waals surface area contributed by atoms with Gasteiger partial charge in [-0.15, -0.1) is 0 Å². The van der Waals surface area contributed by atoms with Crippen molar-refractivity contribution in [1.29, 1.82) is 0 Å². The van der Waals surface area contributed by atoms with Gasteiger partial charge in [0.1, 0.15) is 12.1 Å². The van der Waals surface area contributed by atoms with Crippen LogP contribution in [0.5, 0.6) is 0 Å². The Morgan fingerprint density at radius 1 is 1.33 bits per heavy atom. The van der Waals surface area contributed by atoms with E-state index in [0.29, 0.717) is 25.5 Å². The fourth-order valence-electron chi connectivity index (χ4n) is 2.32. The number of hydrogen-bond acceptors (Lipinski definition) is 3. The van der Waals surface area contributed by atoms with Crippen molar-refractivity contribution in [2.45, 2.75) is 51.2 Å². The van der Waals surface area contributed by atoms with E-state index in [9.17, 15) is 9.59 Å². The van der Waals surface area contributed by atoms with E-state index in [-0.39, 0.29) is 5.91 Å². The van der Waals surface area contributed by atoms with Crippen LogP contribution in [-0.2, 0) is 14.3 Å². The molecule has 1 amide bonds. The molecule has 2 fully saturated rings. The Kier molecular flexibility index (Phi) is 4.22. The van der Waals surface area contributed by atoms with E-state index < -0.39 is 18.1 Å². The molecule has 0 radical (unpaired) electrons. The molecular formula is C13H21NO4. The highest BCUT2D eigenvalue weighted by atomic mass is 16.5. The smallest absolute Gasteiger partial charge is 0.326 e. The molecule has 2 rings (SSSR count). The van der Waals surface area contributed by atoms with E-state index in [4.69, 9.17) is 9.84 Å². The third kappa shape index (κ3) is 3.22. The maximum Gasteiger partial charge on any atom is 0.326 e. The lowest BCUT2D eigenvalue weighted by atomic mass is 10.0. The van der Waals surface area contributed by atoms with Crippen molar-refractivity contribution in [2.24, 2.45) is 5.92 Å². The Balaban J connectivity index is 1.89. The van der Waals surface area contributed by atoms with E-state index in [0.717, 1.165) is 12.8 Å². The van der Waals surface area contributed by atoms with Gasteiger partial charge in [-0.3, -0.25) is 4.79 Å². The molecule has 2 aliphatic rings. The highest BCUT2D eigenvalue weighted by Gasteiger charge is 2.34. The average molecular weight is 255 g/mol. The number of rotatable bonds is 5. The van der Waals surface area contributed by atoms with Crippen LogP contribution >= 0.6 is 0 Å². The van der Waals surface area contributed by atoms with Crippen LogP contribution in [0.1, 0.15) is 39.0 Å². The fourth-order valence-corrected chi connectivity index (χ4v) is 2.32. The highest BCUT2D eigenvalue weighted by Crippen LogP contribution is 2.29. The van der Waals surface area contributed by atoms with Gasteiger partial charge >= 0.3 is 5.97 Å². The van der Waals surface area contributed by atoms with Gasteiger partial charge in [0.2, 0.25) is 0 Å². The molecule has 18 heavy (non-hydrogen) atoms. The third-order valence-electron chi connectivity index (χ3n) is 3.70. The Bertz CT molecular complexity index is 327. The lowest BCUT2D eigenvalue weighted by molar-refractivity contribution is -0.157. The largest absolute Gasteiger partial charge is 0.480 e. The molecule has 0 aromatic rings. The first-order valence-electron chi connectivity index (χ1n) is 6.74. The normalized spacial score (nSPS) is 25.8. The zero-order valence-electron chi connectivity index (χ0n) is 10.8. The summed E-state index contributed by atoms with van der Waals surface area (Å²) in [6.45, 7) is 2.88. The van der Waals surface area contributed by atoms with Crippen molar-refractivity contribution in [1.82, 2.24) is 4.90 Å². The molecule has 1 heterocycles. The summed E-state index contributed by atoms with van der Waals surface area (Å²) in [4.78, 5) is 24.8. The van der Waals surface area contributed by atoms with Gasteiger partial charge in [0.05, 0.1) is 6.61 Å². The SMILES string of the molecule is C[C@@H](OCC1CC1)C(=O)N1CCCC[C@@H]1C(=O)O. The molecule has 5 nitrogen and oxygen atoms in total. The van der Waals surface area contributed by atoms with E-state index in [2.05, 4.69) is 0 Å². The lowest BCUT2D eigenvalue weighted by Crippen LogP contribution is -2.51. The monoisotopic (exact) mass is 255 g/mol. The first-order valence-corrected chi connectivity index (χ1v) is 6.74. The van der Waals surface area contributed by atoms with Crippen LogP contribution in [0.3, 0.4) is 0 Å². The van der Waals surface area contributed by atoms with Gasteiger partial charge in [-0.2, -0.15) is 0 Å². The van der Waals surface area contributed by atoms with Crippen LogP contribution in [0, 0.1) is 5.92 Å². The van der Waals surface area contributed by atoms with Crippen LogP contribution in [0.4, 0.5) is 0 Å². The molecule has 2 atom stereocenters. The Hall–Kier alpha value is -1.10. The van der Waals surface area contributed by atoms with Crippen molar-refractivity contribution < 1.29 is 19.4 Å². The van der Waals surface area contributed by atoms with Crippen LogP contribution in [0.15, 0.2) is 0 Å². The molecule has 1 N–H and O–H groups in total. The van der Waals surface area contributed by atoms with E-state index in [1.165, 1.54) is 17.7 Å². The van der Waals surface area contributed by atoms with Crippen molar-refractivity contribution in [3.63, 3.8) is 0 Å². The number of carbonyl (C=O) groups is 2. The summed E-state index contributed by atoms with van der Waals surface area (Å²) in [5, 5.41) is 9.13. The van der Waals surface area contributed by atoms with Crippen molar-refractivity contribution in [3.8, 4) is 0 Å². The Morgan fingerprint density at radius 3 is 2.67 bits per heavy atom. The van der Waals surface area contributed by atoms with Crippen molar-refractivity contribution in [3.05, 3.63) is 0 Å². The molecule has 1 saturated heterocycles. The number of carbonyl (C=O) groups excluding carboxylic acids is 1. The molecular weight excluding hydrogens is 234 g/mol. The second kappa shape index (κ2) is 5.69. The predicted molar refractivity (Wildman–Crippen MR) is 65.1 cm³/mol. The van der Waals surface area contributed by atoms with Crippen LogP contribution in [-0.4, -0.2) is 47.2 Å². The first kappa shape index (κ1) is 13.3. The minimum Gasteiger partial charge on any atom is -0.480 e. The number of carboxylic acids is 1. The zero-order chi connectivity index (χ0) is 13.1. The number of ether oxygens (including phenoxy) is 1. The summed E-state index contributed by atoms with van der Waals surface area (Å²) in [5.74, 6) is -0.475. The zero-order valence-corrected chi connectivity index (χ0v) is 10.8. The van der Waals surface area contributed by atoms with Crippen LogP contribution < -0.4 is 0 Å². The number of nitrogens with zero attached hydrogens (tertiary/aromatic N) is 1. The van der Waals surface area contributed by atoms with Crippen molar-refractivity contribution in [2.75, 3.05) is 13.2 Å². The quantitative estimate of drug-likeness (QED) is 0.803. The van der Waals surface area contributed by atoms with Crippen molar-refractivity contribution >= 4 is 11.9 Å². The molecule has 1 saturated carbocycles. The molecule has 102 valence electrons. The summed E-state index contributed by atoms with van der Waals surface area (Å²) in [5.41, 5.74) is 0. The van der Waals surface area contributed by atoms with Gasteiger partial charge < -0.3 is 14.7 Å². The van der Waals surface area contributed by atoms with E-state index in [1.807, 2.05) is 0 Å². The second-order valence-electron chi connectivity index (χ2n) is 5.30. The summed E-state index contributed by atoms with van der Waals surface area (Å²) in [6.07, 6.45) is 4.15. The molecule has 0 bridgehead atoms. The van der Waals surface area contributed by atoms with Gasteiger partial charge in [0, 0.05) is 6.54 Å². The van der Waals surface area contributed by atoms with Crippen LogP contribution in [0.2, 0.25) is 0 Å². The Morgan fingerprint density at radius 2 is 2.06 bits per heavy atom. The molecule has 1 aliphatic carbocycles. The number of hydrogen-bond donors (Lipinski definition) is 1. The fraction of sp³-hybridized carbons (Fsp3) is 0.846. The van der Waals surface area contributed by atoms with Gasteiger partial charge in [-0.25, -0.2) is 4.79 Å². The maximum absolute atomic E-state index is 12.2. The number of amides is 1. The lowest BCUT2D eigenvalue weighted by Gasteiger charge is -2.34. The minimum absolute atomic E-state index is 0.178. The third-order valence-corrected chi connectivity index (χ3v) is 3.70. The van der Waals surface area contributed by atoms with Gasteiger partial charge in [0.25, 0.3) is 5.91 Å². The summed E-state index contributed by atoms with van der Waals surface area (Å²) in [6, 6.07) is -0.668. The van der Waals surface area contributed by atoms with E-state index in [1.54, 1.807) is 6.92 Å². The highest BCUT2D eigenvalue weighted by molar-refractivity contribution is 5.86. The molecule has 0 unspecified atom stereocenters. The number of likely N-dealkylation sites (tertiary alicyclic amines) is 1. The maximum atomic E-state index is 12.2. The first-order chi connectivity index (χ1) is 8.59. The number of aliphatic carboxylic acids is 1. The summed E-state index contributed by atoms with van der Waals surface area (Å²) < 4.78 is 5.52. The topological polar surface area (TPSA) is 66.8 Å². The summed E-state index contributed by atoms with van der Waals surface area (Å²) in [7, 11) is 0. The molecule has 5 heteroatoms. The Labute approximate surface area is 107 Å². The van der Waals surface area contributed by atoms with Gasteiger partial charge in [-0.05, 0) is 44.9 Å². The minimum atomic E-state index is -0.905. The number of carboxylic acid groups (broad SMARTS) is 1. The van der Waals surface area contributed by atoms with E-state index >= 15 is 0 Å². The molecule has 0 aromatic carbocycles. The molecule has 1 aliphatic heterocycles. The summed E-state index contributed by atoms with van der Waals surface area (Å²) >= 11 is 0. The number of piperidine rings is 1. The average Bonchev–Trinajstić information content (AvgIpc) is 3.19. The van der Waals surface area contributed by atoms with Crippen LogP contribution in [0.25, 0.3) is 0 Å². The second-order valence-corrected chi connectivity index (χ2v) is 5.30. The molecule has 0 spiro atoms. The van der Waals surface area contributed by atoms with Gasteiger partial charge in [-0.1, -0.05) is 0 Å².